The normalized spacial score (nSPS) is 10.5. The van der Waals surface area contributed by atoms with E-state index in [9.17, 15) is 4.39 Å². The van der Waals surface area contributed by atoms with E-state index < -0.39 is 0 Å². The van der Waals surface area contributed by atoms with Gasteiger partial charge in [-0.1, -0.05) is 18.2 Å². The highest BCUT2D eigenvalue weighted by molar-refractivity contribution is 5.60. The van der Waals surface area contributed by atoms with Gasteiger partial charge in [0.15, 0.2) is 0 Å². The van der Waals surface area contributed by atoms with Gasteiger partial charge < -0.3 is 15.7 Å². The van der Waals surface area contributed by atoms with E-state index in [0.717, 1.165) is 5.56 Å². The molecule has 0 bridgehead atoms. The predicted octanol–water partition coefficient (Wildman–Crippen LogP) is 2.69. The molecular formula is C18H18FN5O. The summed E-state index contributed by atoms with van der Waals surface area (Å²) in [5.74, 6) is 0.695. The molecule has 0 saturated carbocycles. The van der Waals surface area contributed by atoms with Crippen LogP contribution in [0.5, 0.6) is 0 Å². The van der Waals surface area contributed by atoms with Gasteiger partial charge in [-0.3, -0.25) is 4.98 Å². The maximum Gasteiger partial charge on any atom is 0.225 e. The average Bonchev–Trinajstić information content (AvgIpc) is 2.65. The summed E-state index contributed by atoms with van der Waals surface area (Å²) in [5, 5.41) is 15.1. The molecule has 0 fully saturated rings. The first-order chi connectivity index (χ1) is 12.2. The Balaban J connectivity index is 1.84. The molecule has 7 heteroatoms. The molecular weight excluding hydrogens is 321 g/mol. The number of nitrogens with zero attached hydrogens (tertiary/aromatic N) is 3. The summed E-state index contributed by atoms with van der Waals surface area (Å²) in [5.41, 5.74) is 2.17. The molecule has 128 valence electrons. The van der Waals surface area contributed by atoms with Gasteiger partial charge in [0.25, 0.3) is 0 Å². The van der Waals surface area contributed by atoms with Gasteiger partial charge in [0.2, 0.25) is 5.95 Å². The lowest BCUT2D eigenvalue weighted by Crippen LogP contribution is -2.11. The molecule has 1 aromatic carbocycles. The molecule has 0 aliphatic heterocycles. The molecule has 0 atom stereocenters. The molecule has 0 spiro atoms. The maximum atomic E-state index is 13.3. The summed E-state index contributed by atoms with van der Waals surface area (Å²) in [4.78, 5) is 13.1. The van der Waals surface area contributed by atoms with Gasteiger partial charge in [-0.05, 0) is 29.8 Å². The van der Waals surface area contributed by atoms with E-state index >= 15 is 0 Å². The van der Waals surface area contributed by atoms with E-state index in [4.69, 9.17) is 5.11 Å². The number of nitrogens with one attached hydrogen (secondary N) is 2. The van der Waals surface area contributed by atoms with Crippen molar-refractivity contribution in [3.05, 3.63) is 66.1 Å². The zero-order valence-corrected chi connectivity index (χ0v) is 13.5. The first kappa shape index (κ1) is 16.8. The number of aliphatic hydroxyl groups is 1. The van der Waals surface area contributed by atoms with Gasteiger partial charge >= 0.3 is 0 Å². The molecule has 6 nitrogen and oxygen atoms in total. The van der Waals surface area contributed by atoms with Gasteiger partial charge in [0, 0.05) is 25.4 Å². The number of benzene rings is 1. The lowest BCUT2D eigenvalue weighted by molar-refractivity contribution is 0.311. The van der Waals surface area contributed by atoms with Gasteiger partial charge in [-0.25, -0.2) is 9.37 Å². The summed E-state index contributed by atoms with van der Waals surface area (Å²) in [6, 6.07) is 13.7. The minimum atomic E-state index is -0.276. The van der Waals surface area contributed by atoms with E-state index in [0.29, 0.717) is 36.2 Å². The number of hydrogen-bond acceptors (Lipinski definition) is 6. The maximum absolute atomic E-state index is 13.3. The van der Waals surface area contributed by atoms with Crippen molar-refractivity contribution in [3.63, 3.8) is 0 Å². The third-order valence-corrected chi connectivity index (χ3v) is 3.41. The highest BCUT2D eigenvalue weighted by Crippen LogP contribution is 2.20. The standard InChI is InChI=1S/C18H18FN5O/c19-14-5-3-4-13(10-14)12-22-17-11-16(15-6-1-2-7-20-15)23-18(24-17)21-8-9-25/h1-7,10-11,25H,8-9,12H2,(H2,21,22,23,24). The van der Waals surface area contributed by atoms with Crippen molar-refractivity contribution in [2.45, 2.75) is 6.54 Å². The van der Waals surface area contributed by atoms with Crippen LogP contribution in [-0.4, -0.2) is 33.2 Å². The molecule has 3 aromatic rings. The third-order valence-electron chi connectivity index (χ3n) is 3.41. The second-order valence-corrected chi connectivity index (χ2v) is 5.31. The summed E-state index contributed by atoms with van der Waals surface area (Å²) in [7, 11) is 0. The molecule has 25 heavy (non-hydrogen) atoms. The van der Waals surface area contributed by atoms with Crippen molar-refractivity contribution in [2.75, 3.05) is 23.8 Å². The topological polar surface area (TPSA) is 83.0 Å². The first-order valence-electron chi connectivity index (χ1n) is 7.88. The zero-order chi connectivity index (χ0) is 17.5. The van der Waals surface area contributed by atoms with E-state index in [1.807, 2.05) is 24.3 Å². The Morgan fingerprint density at radius 2 is 1.88 bits per heavy atom. The van der Waals surface area contributed by atoms with Crippen LogP contribution in [0.15, 0.2) is 54.7 Å². The van der Waals surface area contributed by atoms with Gasteiger partial charge in [-0.15, -0.1) is 0 Å². The van der Waals surface area contributed by atoms with Crippen LogP contribution in [0.3, 0.4) is 0 Å². The van der Waals surface area contributed by atoms with Crippen LogP contribution >= 0.6 is 0 Å². The number of aromatic nitrogens is 3. The fraction of sp³-hybridized carbons (Fsp3) is 0.167. The Morgan fingerprint density at radius 1 is 0.960 bits per heavy atom. The molecule has 3 N–H and O–H groups in total. The highest BCUT2D eigenvalue weighted by atomic mass is 19.1. The number of pyridine rings is 1. The molecule has 0 amide bonds. The highest BCUT2D eigenvalue weighted by Gasteiger charge is 2.08. The van der Waals surface area contributed by atoms with Crippen molar-refractivity contribution in [3.8, 4) is 11.4 Å². The quantitative estimate of drug-likeness (QED) is 0.614. The summed E-state index contributed by atoms with van der Waals surface area (Å²) < 4.78 is 13.3. The second-order valence-electron chi connectivity index (χ2n) is 5.31. The minimum Gasteiger partial charge on any atom is -0.395 e. The third kappa shape index (κ3) is 4.71. The Hall–Kier alpha value is -3.06. The Bertz CT molecular complexity index is 829. The Labute approximate surface area is 144 Å². The van der Waals surface area contributed by atoms with Gasteiger partial charge in [0.05, 0.1) is 18.0 Å². The molecule has 2 heterocycles. The predicted molar refractivity (Wildman–Crippen MR) is 94.6 cm³/mol. The number of aliphatic hydroxyl groups excluding tert-OH is 1. The lowest BCUT2D eigenvalue weighted by atomic mass is 10.2. The van der Waals surface area contributed by atoms with Crippen molar-refractivity contribution < 1.29 is 9.50 Å². The number of halogens is 1. The molecule has 0 saturated heterocycles. The molecule has 0 radical (unpaired) electrons. The van der Waals surface area contributed by atoms with Gasteiger partial charge in [0.1, 0.15) is 11.6 Å². The first-order valence-corrected chi connectivity index (χ1v) is 7.88. The molecule has 3 rings (SSSR count). The zero-order valence-electron chi connectivity index (χ0n) is 13.5. The van der Waals surface area contributed by atoms with Crippen LogP contribution in [-0.2, 0) is 6.54 Å². The molecule has 0 aliphatic rings. The van der Waals surface area contributed by atoms with Crippen molar-refractivity contribution >= 4 is 11.8 Å². The van der Waals surface area contributed by atoms with E-state index in [1.165, 1.54) is 12.1 Å². The van der Waals surface area contributed by atoms with Crippen LogP contribution in [0, 0.1) is 5.82 Å². The molecule has 0 aliphatic carbocycles. The Kier molecular flexibility index (Phi) is 5.48. The summed E-state index contributed by atoms with van der Waals surface area (Å²) >= 11 is 0. The van der Waals surface area contributed by atoms with E-state index in [1.54, 1.807) is 18.3 Å². The van der Waals surface area contributed by atoms with E-state index in [-0.39, 0.29) is 12.4 Å². The summed E-state index contributed by atoms with van der Waals surface area (Å²) in [6.45, 7) is 0.744. The fourth-order valence-corrected chi connectivity index (χ4v) is 2.27. The van der Waals surface area contributed by atoms with Crippen molar-refractivity contribution in [1.82, 2.24) is 15.0 Å². The number of rotatable bonds is 7. The average molecular weight is 339 g/mol. The molecule has 0 unspecified atom stereocenters. The van der Waals surface area contributed by atoms with Crippen LogP contribution in [0.25, 0.3) is 11.4 Å². The van der Waals surface area contributed by atoms with Crippen molar-refractivity contribution in [1.29, 1.82) is 0 Å². The van der Waals surface area contributed by atoms with Crippen molar-refractivity contribution in [2.24, 2.45) is 0 Å². The SMILES string of the molecule is OCCNc1nc(NCc2cccc(F)c2)cc(-c2ccccn2)n1. The summed E-state index contributed by atoms with van der Waals surface area (Å²) in [6.07, 6.45) is 1.69. The van der Waals surface area contributed by atoms with Crippen LogP contribution < -0.4 is 10.6 Å². The second kappa shape index (κ2) is 8.16. The largest absolute Gasteiger partial charge is 0.395 e. The number of hydrogen-bond donors (Lipinski definition) is 3. The minimum absolute atomic E-state index is 0.0246. The fourth-order valence-electron chi connectivity index (χ4n) is 2.27. The monoisotopic (exact) mass is 339 g/mol. The smallest absolute Gasteiger partial charge is 0.225 e. The number of anilines is 2. The van der Waals surface area contributed by atoms with E-state index in [2.05, 4.69) is 25.6 Å². The van der Waals surface area contributed by atoms with Crippen LogP contribution in [0.2, 0.25) is 0 Å². The van der Waals surface area contributed by atoms with Crippen LogP contribution in [0.4, 0.5) is 16.2 Å². The van der Waals surface area contributed by atoms with Crippen LogP contribution in [0.1, 0.15) is 5.56 Å². The molecule has 2 aromatic heterocycles. The lowest BCUT2D eigenvalue weighted by Gasteiger charge is -2.11. The Morgan fingerprint density at radius 3 is 2.64 bits per heavy atom. The van der Waals surface area contributed by atoms with Gasteiger partial charge in [-0.2, -0.15) is 4.98 Å².